The van der Waals surface area contributed by atoms with Crippen molar-refractivity contribution in [2.45, 2.75) is 90.0 Å². The first kappa shape index (κ1) is 24.4. The van der Waals surface area contributed by atoms with E-state index in [1.165, 1.54) is 0 Å². The Morgan fingerprint density at radius 3 is 2.12 bits per heavy atom. The number of hydrogen-bond donors (Lipinski definition) is 3. The Labute approximate surface area is 154 Å². The standard InChI is InChI=1S/C18H32F3N3O2/c1-5-6-7-8-9-10-15(26)23-13(11-12-14(22)25)16(18(19,20)21)24-17(2,3)4/h11-13,16,24H,5-10H2,1-4H3,(H2,22,25)(H,23,26)/b12-11+. The Morgan fingerprint density at radius 2 is 1.65 bits per heavy atom. The molecule has 0 aliphatic carbocycles. The summed E-state index contributed by atoms with van der Waals surface area (Å²) in [6.45, 7) is 6.85. The van der Waals surface area contributed by atoms with Crippen LogP contribution >= 0.6 is 0 Å². The van der Waals surface area contributed by atoms with Crippen LogP contribution in [0.4, 0.5) is 13.2 Å². The fraction of sp³-hybridized carbons (Fsp3) is 0.778. The van der Waals surface area contributed by atoms with Crippen LogP contribution in [0.2, 0.25) is 0 Å². The first-order valence-electron chi connectivity index (χ1n) is 8.98. The zero-order chi connectivity index (χ0) is 20.4. The number of carbonyl (C=O) groups excluding carboxylic acids is 2. The van der Waals surface area contributed by atoms with E-state index in [0.717, 1.165) is 37.8 Å². The summed E-state index contributed by atoms with van der Waals surface area (Å²) in [6.07, 6.45) is 1.96. The van der Waals surface area contributed by atoms with Gasteiger partial charge < -0.3 is 11.1 Å². The first-order chi connectivity index (χ1) is 11.9. The summed E-state index contributed by atoms with van der Waals surface area (Å²) in [7, 11) is 0. The molecule has 0 saturated carbocycles. The highest BCUT2D eigenvalue weighted by Crippen LogP contribution is 2.25. The van der Waals surface area contributed by atoms with Crippen molar-refractivity contribution in [3.8, 4) is 0 Å². The highest BCUT2D eigenvalue weighted by atomic mass is 19.4. The van der Waals surface area contributed by atoms with Gasteiger partial charge in [-0.15, -0.1) is 0 Å². The molecular formula is C18H32F3N3O2. The van der Waals surface area contributed by atoms with Crippen molar-refractivity contribution >= 4 is 11.8 Å². The molecule has 0 aromatic heterocycles. The minimum atomic E-state index is -4.62. The molecular weight excluding hydrogens is 347 g/mol. The van der Waals surface area contributed by atoms with Crippen LogP contribution in [0.5, 0.6) is 0 Å². The molecule has 4 N–H and O–H groups in total. The number of rotatable bonds is 11. The SMILES string of the molecule is CCCCCCCC(=O)NC(/C=C/C(N)=O)C(NC(C)(C)C)C(F)(F)F. The predicted molar refractivity (Wildman–Crippen MR) is 96.4 cm³/mol. The molecule has 0 bridgehead atoms. The predicted octanol–water partition coefficient (Wildman–Crippen LogP) is 3.19. The highest BCUT2D eigenvalue weighted by molar-refractivity contribution is 5.86. The van der Waals surface area contributed by atoms with E-state index in [9.17, 15) is 22.8 Å². The van der Waals surface area contributed by atoms with Crippen LogP contribution in [0.25, 0.3) is 0 Å². The van der Waals surface area contributed by atoms with Crippen molar-refractivity contribution in [1.29, 1.82) is 0 Å². The minimum Gasteiger partial charge on any atom is -0.366 e. The zero-order valence-electron chi connectivity index (χ0n) is 16.1. The Morgan fingerprint density at radius 1 is 1.08 bits per heavy atom. The fourth-order valence-corrected chi connectivity index (χ4v) is 2.43. The van der Waals surface area contributed by atoms with Crippen LogP contribution < -0.4 is 16.4 Å². The van der Waals surface area contributed by atoms with Gasteiger partial charge in [-0.25, -0.2) is 0 Å². The maximum absolute atomic E-state index is 13.5. The van der Waals surface area contributed by atoms with Crippen LogP contribution in [0.1, 0.15) is 66.2 Å². The number of nitrogens with one attached hydrogen (secondary N) is 2. The maximum atomic E-state index is 13.5. The van der Waals surface area contributed by atoms with Crippen molar-refractivity contribution in [3.05, 3.63) is 12.2 Å². The lowest BCUT2D eigenvalue weighted by Gasteiger charge is -2.34. The molecule has 5 nitrogen and oxygen atoms in total. The van der Waals surface area contributed by atoms with Crippen molar-refractivity contribution < 1.29 is 22.8 Å². The van der Waals surface area contributed by atoms with E-state index in [0.29, 0.717) is 6.42 Å². The van der Waals surface area contributed by atoms with Gasteiger partial charge in [-0.05, 0) is 27.2 Å². The third kappa shape index (κ3) is 11.9. The number of primary amides is 1. The number of amides is 2. The molecule has 2 amide bonds. The van der Waals surface area contributed by atoms with Crippen LogP contribution in [0, 0.1) is 0 Å². The number of hydrogen-bond acceptors (Lipinski definition) is 3. The van der Waals surface area contributed by atoms with Crippen molar-refractivity contribution in [2.24, 2.45) is 5.73 Å². The van der Waals surface area contributed by atoms with Gasteiger partial charge in [0.2, 0.25) is 11.8 Å². The van der Waals surface area contributed by atoms with Gasteiger partial charge in [0, 0.05) is 18.0 Å². The van der Waals surface area contributed by atoms with E-state index in [4.69, 9.17) is 5.73 Å². The van der Waals surface area contributed by atoms with E-state index in [2.05, 4.69) is 17.6 Å². The second kappa shape index (κ2) is 11.2. The molecule has 2 atom stereocenters. The van der Waals surface area contributed by atoms with E-state index in [1.807, 2.05) is 0 Å². The van der Waals surface area contributed by atoms with E-state index in [1.54, 1.807) is 20.8 Å². The molecule has 0 aromatic carbocycles. The fourth-order valence-electron chi connectivity index (χ4n) is 2.43. The van der Waals surface area contributed by atoms with Crippen LogP contribution in [-0.4, -0.2) is 35.6 Å². The van der Waals surface area contributed by atoms with Crippen LogP contribution in [0.15, 0.2) is 12.2 Å². The van der Waals surface area contributed by atoms with Gasteiger partial charge in [0.15, 0.2) is 0 Å². The van der Waals surface area contributed by atoms with Gasteiger partial charge in [0.05, 0.1) is 6.04 Å². The van der Waals surface area contributed by atoms with Gasteiger partial charge >= 0.3 is 6.18 Å². The molecule has 26 heavy (non-hydrogen) atoms. The summed E-state index contributed by atoms with van der Waals surface area (Å²) in [5.41, 5.74) is 4.15. The zero-order valence-corrected chi connectivity index (χ0v) is 16.1. The third-order valence-electron chi connectivity index (χ3n) is 3.60. The molecule has 0 heterocycles. The minimum absolute atomic E-state index is 0.144. The van der Waals surface area contributed by atoms with Gasteiger partial charge in [-0.3, -0.25) is 14.9 Å². The topological polar surface area (TPSA) is 84.2 Å². The van der Waals surface area contributed by atoms with Crippen molar-refractivity contribution in [1.82, 2.24) is 10.6 Å². The summed E-state index contributed by atoms with van der Waals surface area (Å²) >= 11 is 0. The lowest BCUT2D eigenvalue weighted by Crippen LogP contribution is -2.60. The van der Waals surface area contributed by atoms with E-state index < -0.39 is 35.6 Å². The number of halogens is 3. The molecule has 0 spiro atoms. The van der Waals surface area contributed by atoms with Crippen molar-refractivity contribution in [2.75, 3.05) is 0 Å². The molecule has 0 aliphatic heterocycles. The van der Waals surface area contributed by atoms with E-state index >= 15 is 0 Å². The number of unbranched alkanes of at least 4 members (excludes halogenated alkanes) is 4. The quantitative estimate of drug-likeness (QED) is 0.381. The Bertz CT molecular complexity index is 471. The Hall–Kier alpha value is -1.57. The average Bonchev–Trinajstić information content (AvgIpc) is 2.47. The Balaban J connectivity index is 5.11. The normalized spacial score (nSPS) is 15.0. The van der Waals surface area contributed by atoms with Gasteiger partial charge in [-0.2, -0.15) is 13.2 Å². The van der Waals surface area contributed by atoms with Crippen molar-refractivity contribution in [3.63, 3.8) is 0 Å². The average molecular weight is 379 g/mol. The Kier molecular flexibility index (Phi) is 10.5. The molecule has 0 aromatic rings. The monoisotopic (exact) mass is 379 g/mol. The lowest BCUT2D eigenvalue weighted by atomic mass is 10.0. The smallest absolute Gasteiger partial charge is 0.366 e. The lowest BCUT2D eigenvalue weighted by molar-refractivity contribution is -0.164. The molecule has 0 radical (unpaired) electrons. The second-order valence-electron chi connectivity index (χ2n) is 7.43. The summed E-state index contributed by atoms with van der Waals surface area (Å²) in [6, 6.07) is -3.47. The van der Waals surface area contributed by atoms with Gasteiger partial charge in [-0.1, -0.05) is 38.7 Å². The van der Waals surface area contributed by atoms with Crippen LogP contribution in [0.3, 0.4) is 0 Å². The number of nitrogens with two attached hydrogens (primary N) is 1. The molecule has 0 saturated heterocycles. The largest absolute Gasteiger partial charge is 0.406 e. The van der Waals surface area contributed by atoms with Gasteiger partial charge in [0.25, 0.3) is 0 Å². The van der Waals surface area contributed by atoms with Gasteiger partial charge in [0.1, 0.15) is 6.04 Å². The molecule has 152 valence electrons. The summed E-state index contributed by atoms with van der Waals surface area (Å²) in [4.78, 5) is 23.0. The molecule has 2 unspecified atom stereocenters. The molecule has 0 rings (SSSR count). The summed E-state index contributed by atoms with van der Waals surface area (Å²) in [5.74, 6) is -1.36. The maximum Gasteiger partial charge on any atom is 0.406 e. The number of carbonyl (C=O) groups is 2. The second-order valence-corrected chi connectivity index (χ2v) is 7.43. The number of alkyl halides is 3. The summed E-state index contributed by atoms with van der Waals surface area (Å²) in [5, 5.41) is 4.84. The summed E-state index contributed by atoms with van der Waals surface area (Å²) < 4.78 is 40.5. The first-order valence-corrected chi connectivity index (χ1v) is 8.98. The highest BCUT2D eigenvalue weighted by Gasteiger charge is 2.46. The molecule has 0 fully saturated rings. The molecule has 8 heteroatoms. The molecule has 0 aliphatic rings. The van der Waals surface area contributed by atoms with E-state index in [-0.39, 0.29) is 6.42 Å². The van der Waals surface area contributed by atoms with Crippen LogP contribution in [-0.2, 0) is 9.59 Å². The third-order valence-corrected chi connectivity index (χ3v) is 3.60.